The zero-order valence-corrected chi connectivity index (χ0v) is 12.8. The Balaban J connectivity index is 1.84. The third-order valence-corrected chi connectivity index (χ3v) is 5.52. The summed E-state index contributed by atoms with van der Waals surface area (Å²) in [5.41, 5.74) is 0.890. The van der Waals surface area contributed by atoms with Crippen LogP contribution in [-0.4, -0.2) is 33.0 Å². The fourth-order valence-electron chi connectivity index (χ4n) is 3.64. The van der Waals surface area contributed by atoms with E-state index in [1.165, 1.54) is 6.07 Å². The molecule has 6 nitrogen and oxygen atoms in total. The summed E-state index contributed by atoms with van der Waals surface area (Å²) in [7, 11) is 0. The molecule has 112 valence electrons. The Hall–Kier alpha value is -1.47. The number of nitro groups is 1. The summed E-state index contributed by atoms with van der Waals surface area (Å²) in [6.45, 7) is 0.557. The van der Waals surface area contributed by atoms with Crippen molar-refractivity contribution in [3.05, 3.63) is 38.3 Å². The van der Waals surface area contributed by atoms with Gasteiger partial charge in [0.2, 0.25) is 0 Å². The van der Waals surface area contributed by atoms with Crippen molar-refractivity contribution in [2.45, 2.75) is 37.9 Å². The molecule has 2 bridgehead atoms. The van der Waals surface area contributed by atoms with E-state index >= 15 is 0 Å². The van der Waals surface area contributed by atoms with Crippen molar-refractivity contribution in [1.29, 1.82) is 0 Å². The molecule has 0 radical (unpaired) electrons. The lowest BCUT2D eigenvalue weighted by molar-refractivity contribution is -0.385. The highest BCUT2D eigenvalue weighted by Crippen LogP contribution is 2.43. The van der Waals surface area contributed by atoms with Crippen molar-refractivity contribution < 1.29 is 14.8 Å². The number of nitro benzene ring substituents is 1. The second-order valence-electron chi connectivity index (χ2n) is 5.66. The molecule has 3 rings (SSSR count). The van der Waals surface area contributed by atoms with Crippen LogP contribution in [0.15, 0.2) is 22.7 Å². The summed E-state index contributed by atoms with van der Waals surface area (Å²) in [6.07, 6.45) is 2.60. The lowest BCUT2D eigenvalue weighted by Gasteiger charge is -2.23. The molecule has 21 heavy (non-hydrogen) atoms. The lowest BCUT2D eigenvalue weighted by Crippen LogP contribution is -2.32. The maximum atomic E-state index is 11.3. The van der Waals surface area contributed by atoms with Crippen LogP contribution in [0.5, 0.6) is 0 Å². The zero-order chi connectivity index (χ0) is 15.1. The van der Waals surface area contributed by atoms with Gasteiger partial charge in [0.15, 0.2) is 0 Å². The molecule has 3 atom stereocenters. The molecule has 2 aliphatic heterocycles. The number of nitrogens with zero attached hydrogens (tertiary/aromatic N) is 2. The van der Waals surface area contributed by atoms with E-state index in [9.17, 15) is 20.0 Å². The predicted molar refractivity (Wildman–Crippen MR) is 78.9 cm³/mol. The highest BCUT2D eigenvalue weighted by atomic mass is 79.9. The molecule has 0 amide bonds. The van der Waals surface area contributed by atoms with Gasteiger partial charge in [0.25, 0.3) is 5.69 Å². The maximum absolute atomic E-state index is 11.3. The Labute approximate surface area is 130 Å². The van der Waals surface area contributed by atoms with Crippen molar-refractivity contribution in [3.63, 3.8) is 0 Å². The topological polar surface area (TPSA) is 83.7 Å². The molecule has 0 aromatic heterocycles. The van der Waals surface area contributed by atoms with Gasteiger partial charge >= 0.3 is 5.97 Å². The predicted octanol–water partition coefficient (Wildman–Crippen LogP) is 2.79. The first-order chi connectivity index (χ1) is 9.99. The van der Waals surface area contributed by atoms with Crippen LogP contribution in [0, 0.1) is 16.0 Å². The minimum absolute atomic E-state index is 0.0498. The second kappa shape index (κ2) is 5.38. The quantitative estimate of drug-likeness (QED) is 0.663. The zero-order valence-electron chi connectivity index (χ0n) is 11.2. The van der Waals surface area contributed by atoms with E-state index < -0.39 is 10.9 Å². The van der Waals surface area contributed by atoms with Crippen molar-refractivity contribution in [1.82, 2.24) is 4.90 Å². The number of carboxylic acid groups (broad SMARTS) is 1. The van der Waals surface area contributed by atoms with Gasteiger partial charge < -0.3 is 5.11 Å². The van der Waals surface area contributed by atoms with Crippen molar-refractivity contribution in [3.8, 4) is 0 Å². The van der Waals surface area contributed by atoms with E-state index in [-0.39, 0.29) is 23.7 Å². The number of benzene rings is 1. The molecule has 1 aromatic carbocycles. The highest BCUT2D eigenvalue weighted by molar-refractivity contribution is 9.10. The fraction of sp³-hybridized carbons (Fsp3) is 0.500. The Morgan fingerprint density at radius 2 is 2.24 bits per heavy atom. The van der Waals surface area contributed by atoms with Gasteiger partial charge in [-0.05, 0) is 40.8 Å². The Morgan fingerprint density at radius 1 is 1.48 bits per heavy atom. The largest absolute Gasteiger partial charge is 0.481 e. The van der Waals surface area contributed by atoms with Crippen LogP contribution in [-0.2, 0) is 11.3 Å². The van der Waals surface area contributed by atoms with Crippen molar-refractivity contribution >= 4 is 27.6 Å². The summed E-state index contributed by atoms with van der Waals surface area (Å²) in [5, 5.41) is 20.2. The summed E-state index contributed by atoms with van der Waals surface area (Å²) < 4.78 is 0.494. The summed E-state index contributed by atoms with van der Waals surface area (Å²) in [5.74, 6) is -1.04. The first-order valence-electron chi connectivity index (χ1n) is 6.89. The monoisotopic (exact) mass is 354 g/mol. The van der Waals surface area contributed by atoms with Crippen LogP contribution in [0.25, 0.3) is 0 Å². The average molecular weight is 355 g/mol. The number of aliphatic carboxylic acids is 1. The number of hydrogen-bond acceptors (Lipinski definition) is 4. The Morgan fingerprint density at radius 3 is 2.86 bits per heavy atom. The van der Waals surface area contributed by atoms with E-state index in [4.69, 9.17) is 0 Å². The van der Waals surface area contributed by atoms with Gasteiger partial charge in [0.05, 0.1) is 15.3 Å². The van der Waals surface area contributed by atoms with E-state index in [1.54, 1.807) is 6.07 Å². The van der Waals surface area contributed by atoms with Gasteiger partial charge in [0.1, 0.15) is 0 Å². The van der Waals surface area contributed by atoms with E-state index in [0.717, 1.165) is 18.4 Å². The molecular formula is C14H15BrN2O4. The normalized spacial score (nSPS) is 28.0. The highest BCUT2D eigenvalue weighted by Gasteiger charge is 2.49. The standard InChI is InChI=1S/C14H15BrN2O4/c15-13-8(2-1-3-12(13)17(20)21)7-16-9-4-5-11(16)10(6-9)14(18)19/h1-3,9-11H,4-7H2,(H,18,19). The molecule has 3 unspecified atom stereocenters. The van der Waals surface area contributed by atoms with Gasteiger partial charge in [-0.25, -0.2) is 0 Å². The first kappa shape index (κ1) is 14.5. The van der Waals surface area contributed by atoms with E-state index in [0.29, 0.717) is 17.4 Å². The van der Waals surface area contributed by atoms with Gasteiger partial charge in [-0.2, -0.15) is 0 Å². The van der Waals surface area contributed by atoms with Crippen molar-refractivity contribution in [2.75, 3.05) is 0 Å². The third kappa shape index (κ3) is 2.44. The number of halogens is 1. The lowest BCUT2D eigenvalue weighted by atomic mass is 9.89. The van der Waals surface area contributed by atoms with Gasteiger partial charge in [0, 0.05) is 24.7 Å². The minimum atomic E-state index is -0.731. The minimum Gasteiger partial charge on any atom is -0.481 e. The van der Waals surface area contributed by atoms with E-state index in [2.05, 4.69) is 20.8 Å². The van der Waals surface area contributed by atoms with Gasteiger partial charge in [-0.3, -0.25) is 19.8 Å². The van der Waals surface area contributed by atoms with Crippen LogP contribution in [0.4, 0.5) is 5.69 Å². The molecule has 1 aromatic rings. The fourth-order valence-corrected chi connectivity index (χ4v) is 4.17. The van der Waals surface area contributed by atoms with E-state index in [1.807, 2.05) is 6.07 Å². The van der Waals surface area contributed by atoms with Crippen molar-refractivity contribution in [2.24, 2.45) is 5.92 Å². The van der Waals surface area contributed by atoms with Crippen LogP contribution in [0.1, 0.15) is 24.8 Å². The molecule has 2 saturated heterocycles. The molecule has 0 aliphatic carbocycles. The smallest absolute Gasteiger partial charge is 0.308 e. The third-order valence-electron chi connectivity index (χ3n) is 4.61. The molecule has 2 aliphatic rings. The summed E-state index contributed by atoms with van der Waals surface area (Å²) >= 11 is 3.31. The molecule has 0 spiro atoms. The maximum Gasteiger partial charge on any atom is 0.308 e. The number of carboxylic acids is 1. The molecule has 2 heterocycles. The van der Waals surface area contributed by atoms with Crippen LogP contribution < -0.4 is 0 Å². The molecule has 7 heteroatoms. The van der Waals surface area contributed by atoms with Gasteiger partial charge in [-0.1, -0.05) is 12.1 Å². The van der Waals surface area contributed by atoms with Crippen LogP contribution in [0.3, 0.4) is 0 Å². The number of rotatable bonds is 4. The number of fused-ring (bicyclic) bond motifs is 2. The first-order valence-corrected chi connectivity index (χ1v) is 7.68. The van der Waals surface area contributed by atoms with Crippen LogP contribution in [0.2, 0.25) is 0 Å². The Kier molecular flexibility index (Phi) is 3.71. The SMILES string of the molecule is O=C(O)C1CC2CCC1N2Cc1cccc([N+](=O)[O-])c1Br. The molecule has 1 N–H and O–H groups in total. The Bertz CT molecular complexity index is 607. The number of carbonyl (C=O) groups is 1. The van der Waals surface area contributed by atoms with Gasteiger partial charge in [-0.15, -0.1) is 0 Å². The molecule has 0 saturated carbocycles. The molecular weight excluding hydrogens is 340 g/mol. The summed E-state index contributed by atoms with van der Waals surface area (Å²) in [6, 6.07) is 5.32. The second-order valence-corrected chi connectivity index (χ2v) is 6.45. The summed E-state index contributed by atoms with van der Waals surface area (Å²) in [4.78, 5) is 24.0. The molecule has 2 fully saturated rings. The average Bonchev–Trinajstić information content (AvgIpc) is 2.98. The van der Waals surface area contributed by atoms with Crippen LogP contribution >= 0.6 is 15.9 Å². The number of hydrogen-bond donors (Lipinski definition) is 1.